The predicted molar refractivity (Wildman–Crippen MR) is 125 cm³/mol. The Bertz CT molecular complexity index is 592. The first-order valence-electron chi connectivity index (χ1n) is 11.9. The van der Waals surface area contributed by atoms with Crippen molar-refractivity contribution in [2.45, 2.75) is 45.8 Å². The molecule has 1 atom stereocenters. The zero-order valence-electron chi connectivity index (χ0n) is 19.8. The Morgan fingerprint density at radius 2 is 1.90 bits per heavy atom. The summed E-state index contributed by atoms with van der Waals surface area (Å²) in [5.74, 6) is 1.38. The summed E-state index contributed by atoms with van der Waals surface area (Å²) in [6, 6.07) is 6.00. The van der Waals surface area contributed by atoms with Crippen LogP contribution in [0.25, 0.3) is 0 Å². The number of hydrogen-bond donors (Lipinski definition) is 2. The van der Waals surface area contributed by atoms with E-state index in [1.165, 1.54) is 31.4 Å². The summed E-state index contributed by atoms with van der Waals surface area (Å²) < 4.78 is 16.7. The number of hydrogen-bond acceptors (Lipinski definition) is 7. The molecule has 2 rings (SSSR count). The van der Waals surface area contributed by atoms with Crippen molar-refractivity contribution >= 4 is 0 Å². The van der Waals surface area contributed by atoms with Crippen LogP contribution in [0.5, 0.6) is 11.5 Å². The van der Waals surface area contributed by atoms with Crippen molar-refractivity contribution in [2.24, 2.45) is 0 Å². The van der Waals surface area contributed by atoms with Gasteiger partial charge in [-0.1, -0.05) is 26.3 Å². The topological polar surface area (TPSA) is 66.4 Å². The Balaban J connectivity index is 1.63. The minimum Gasteiger partial charge on any atom is -0.493 e. The van der Waals surface area contributed by atoms with E-state index in [1.54, 1.807) is 7.11 Å². The highest BCUT2D eigenvalue weighted by atomic mass is 16.5. The molecule has 0 bridgehead atoms. The molecule has 0 unspecified atom stereocenters. The maximum atomic E-state index is 10.2. The summed E-state index contributed by atoms with van der Waals surface area (Å²) in [7, 11) is 1.65. The number of aliphatic hydroxyl groups excluding tert-OH is 1. The molecule has 1 aromatic carbocycles. The Kier molecular flexibility index (Phi) is 12.9. The van der Waals surface area contributed by atoms with E-state index in [9.17, 15) is 5.11 Å². The second kappa shape index (κ2) is 15.4. The van der Waals surface area contributed by atoms with E-state index in [-0.39, 0.29) is 6.61 Å². The molecule has 2 N–H and O–H groups in total. The van der Waals surface area contributed by atoms with Crippen LogP contribution >= 0.6 is 0 Å². The molecule has 7 nitrogen and oxygen atoms in total. The van der Waals surface area contributed by atoms with Gasteiger partial charge in [0.1, 0.15) is 12.7 Å². The fourth-order valence-corrected chi connectivity index (χ4v) is 3.78. The van der Waals surface area contributed by atoms with Crippen LogP contribution in [0.2, 0.25) is 0 Å². The third kappa shape index (κ3) is 10.2. The molecule has 1 saturated heterocycles. The Hall–Kier alpha value is -1.38. The van der Waals surface area contributed by atoms with Crippen LogP contribution in [0.3, 0.4) is 0 Å². The van der Waals surface area contributed by atoms with Gasteiger partial charge in [0.15, 0.2) is 11.5 Å². The number of benzene rings is 1. The van der Waals surface area contributed by atoms with Gasteiger partial charge in [-0.15, -0.1) is 0 Å². The second-order valence-electron chi connectivity index (χ2n) is 8.13. The average Bonchev–Trinajstić information content (AvgIpc) is 2.81. The summed E-state index contributed by atoms with van der Waals surface area (Å²) in [5.41, 5.74) is 1.17. The number of ether oxygens (including phenoxy) is 3. The first-order valence-corrected chi connectivity index (χ1v) is 11.9. The van der Waals surface area contributed by atoms with Gasteiger partial charge in [0.2, 0.25) is 0 Å². The Morgan fingerprint density at radius 1 is 1.13 bits per heavy atom. The van der Waals surface area contributed by atoms with Crippen LogP contribution in [-0.2, 0) is 11.3 Å². The minimum absolute atomic E-state index is 0.259. The lowest BCUT2D eigenvalue weighted by Crippen LogP contribution is -2.36. The number of rotatable bonds is 16. The van der Waals surface area contributed by atoms with Crippen molar-refractivity contribution in [3.8, 4) is 11.5 Å². The van der Waals surface area contributed by atoms with Crippen molar-refractivity contribution in [1.29, 1.82) is 0 Å². The zero-order chi connectivity index (χ0) is 22.3. The van der Waals surface area contributed by atoms with Crippen molar-refractivity contribution in [3.63, 3.8) is 0 Å². The molecule has 0 amide bonds. The number of nitrogens with zero attached hydrogens (tertiary/aromatic N) is 2. The molecule has 0 radical (unpaired) electrons. The average molecular weight is 438 g/mol. The van der Waals surface area contributed by atoms with Gasteiger partial charge >= 0.3 is 0 Å². The van der Waals surface area contributed by atoms with E-state index in [0.29, 0.717) is 18.0 Å². The first kappa shape index (κ1) is 25.9. The van der Waals surface area contributed by atoms with Gasteiger partial charge in [-0.2, -0.15) is 0 Å². The Morgan fingerprint density at radius 3 is 2.61 bits per heavy atom. The van der Waals surface area contributed by atoms with Crippen molar-refractivity contribution in [3.05, 3.63) is 23.8 Å². The van der Waals surface area contributed by atoms with E-state index >= 15 is 0 Å². The number of aliphatic hydroxyl groups is 1. The maximum absolute atomic E-state index is 10.2. The molecule has 1 aromatic rings. The SMILES string of the molecule is CCN(CC)C[C@@H](O)COc1ccc(CNCCCCCN2CCOCC2)cc1OC. The van der Waals surface area contributed by atoms with Crippen molar-refractivity contribution < 1.29 is 19.3 Å². The standard InChI is InChI=1S/C24H43N3O4/c1-4-26(5-2)19-22(28)20-31-23-10-9-21(17-24(23)29-3)18-25-11-7-6-8-12-27-13-15-30-16-14-27/h9-10,17,22,25,28H,4-8,11-16,18-20H2,1-3H3/t22-/m1/s1. The van der Waals surface area contributed by atoms with Gasteiger partial charge in [0.25, 0.3) is 0 Å². The lowest BCUT2D eigenvalue weighted by atomic mass is 10.2. The molecule has 1 fully saturated rings. The van der Waals surface area contributed by atoms with Crippen LogP contribution in [0.4, 0.5) is 0 Å². The second-order valence-corrected chi connectivity index (χ2v) is 8.13. The van der Waals surface area contributed by atoms with Crippen LogP contribution < -0.4 is 14.8 Å². The summed E-state index contributed by atoms with van der Waals surface area (Å²) in [6.07, 6.45) is 3.17. The van der Waals surface area contributed by atoms with E-state index in [0.717, 1.165) is 52.5 Å². The van der Waals surface area contributed by atoms with E-state index in [4.69, 9.17) is 14.2 Å². The first-order chi connectivity index (χ1) is 15.2. The highest BCUT2D eigenvalue weighted by molar-refractivity contribution is 5.43. The Labute approximate surface area is 188 Å². The molecule has 0 aliphatic carbocycles. The van der Waals surface area contributed by atoms with Gasteiger partial charge in [-0.05, 0) is 56.7 Å². The molecule has 1 heterocycles. The summed E-state index contributed by atoms with van der Waals surface area (Å²) in [5, 5.41) is 13.7. The minimum atomic E-state index is -0.519. The van der Waals surface area contributed by atoms with Crippen molar-refractivity contribution in [2.75, 3.05) is 72.7 Å². The highest BCUT2D eigenvalue weighted by Gasteiger charge is 2.12. The zero-order valence-corrected chi connectivity index (χ0v) is 19.8. The lowest BCUT2D eigenvalue weighted by Gasteiger charge is -2.26. The normalized spacial score (nSPS) is 15.9. The molecule has 7 heteroatoms. The molecule has 0 aromatic heterocycles. The third-order valence-electron chi connectivity index (χ3n) is 5.78. The number of methoxy groups -OCH3 is 1. The molecule has 178 valence electrons. The molecule has 0 spiro atoms. The van der Waals surface area contributed by atoms with Crippen LogP contribution in [0.1, 0.15) is 38.7 Å². The van der Waals surface area contributed by atoms with E-state index < -0.39 is 6.10 Å². The van der Waals surface area contributed by atoms with Gasteiger partial charge < -0.3 is 29.5 Å². The monoisotopic (exact) mass is 437 g/mol. The lowest BCUT2D eigenvalue weighted by molar-refractivity contribution is 0.0371. The maximum Gasteiger partial charge on any atom is 0.161 e. The molecular weight excluding hydrogens is 394 g/mol. The largest absolute Gasteiger partial charge is 0.493 e. The third-order valence-corrected chi connectivity index (χ3v) is 5.78. The van der Waals surface area contributed by atoms with Gasteiger partial charge in [-0.25, -0.2) is 0 Å². The van der Waals surface area contributed by atoms with Gasteiger partial charge in [0.05, 0.1) is 20.3 Å². The van der Waals surface area contributed by atoms with Crippen LogP contribution in [-0.4, -0.2) is 93.8 Å². The number of likely N-dealkylation sites (N-methyl/N-ethyl adjacent to an activating group) is 1. The number of nitrogens with one attached hydrogen (secondary N) is 1. The highest BCUT2D eigenvalue weighted by Crippen LogP contribution is 2.28. The predicted octanol–water partition coefficient (Wildman–Crippen LogP) is 2.37. The van der Waals surface area contributed by atoms with Crippen LogP contribution in [0, 0.1) is 0 Å². The molecule has 1 aliphatic heterocycles. The number of morpholine rings is 1. The fourth-order valence-electron chi connectivity index (χ4n) is 3.78. The summed E-state index contributed by atoms with van der Waals surface area (Å²) in [6.45, 7) is 13.8. The summed E-state index contributed by atoms with van der Waals surface area (Å²) >= 11 is 0. The fraction of sp³-hybridized carbons (Fsp3) is 0.750. The van der Waals surface area contributed by atoms with E-state index in [1.807, 2.05) is 12.1 Å². The molecular formula is C24H43N3O4. The van der Waals surface area contributed by atoms with Crippen LogP contribution in [0.15, 0.2) is 18.2 Å². The van der Waals surface area contributed by atoms with Gasteiger partial charge in [-0.3, -0.25) is 4.90 Å². The summed E-state index contributed by atoms with van der Waals surface area (Å²) in [4.78, 5) is 4.68. The van der Waals surface area contributed by atoms with E-state index in [2.05, 4.69) is 35.0 Å². The smallest absolute Gasteiger partial charge is 0.161 e. The quantitative estimate of drug-likeness (QED) is 0.385. The molecule has 1 aliphatic rings. The molecule has 31 heavy (non-hydrogen) atoms. The number of unbranched alkanes of at least 4 members (excludes halogenated alkanes) is 2. The van der Waals surface area contributed by atoms with Crippen molar-refractivity contribution in [1.82, 2.24) is 15.1 Å². The van der Waals surface area contributed by atoms with Gasteiger partial charge in [0, 0.05) is 26.2 Å². The molecule has 0 saturated carbocycles.